The van der Waals surface area contributed by atoms with Gasteiger partial charge in [-0.1, -0.05) is 39.5 Å². The lowest BCUT2D eigenvalue weighted by Gasteiger charge is -2.29. The molecule has 0 aromatic heterocycles. The Bertz CT molecular complexity index is 204. The van der Waals surface area contributed by atoms with E-state index >= 15 is 0 Å². The highest BCUT2D eigenvalue weighted by molar-refractivity contribution is 5.81. The molecule has 102 valence electrons. The van der Waals surface area contributed by atoms with Gasteiger partial charge >= 0.3 is 0 Å². The highest BCUT2D eigenvalue weighted by Crippen LogP contribution is 2.08. The summed E-state index contributed by atoms with van der Waals surface area (Å²) in [5, 5.41) is 0. The first-order valence-electron chi connectivity index (χ1n) is 7.10. The molecule has 0 fully saturated rings. The van der Waals surface area contributed by atoms with Gasteiger partial charge in [0.1, 0.15) is 0 Å². The summed E-state index contributed by atoms with van der Waals surface area (Å²) >= 11 is 0. The summed E-state index contributed by atoms with van der Waals surface area (Å²) in [5.41, 5.74) is 5.96. The van der Waals surface area contributed by atoms with Crippen LogP contribution < -0.4 is 5.73 Å². The van der Waals surface area contributed by atoms with E-state index in [-0.39, 0.29) is 18.0 Å². The average molecular weight is 242 g/mol. The normalized spacial score (nSPS) is 12.8. The average Bonchev–Trinajstić information content (AvgIpc) is 2.30. The van der Waals surface area contributed by atoms with Crippen LogP contribution in [0.1, 0.15) is 66.2 Å². The smallest absolute Gasteiger partial charge is 0.239 e. The monoisotopic (exact) mass is 242 g/mol. The van der Waals surface area contributed by atoms with Crippen LogP contribution in [-0.2, 0) is 4.79 Å². The molecule has 3 nitrogen and oxygen atoms in total. The van der Waals surface area contributed by atoms with Gasteiger partial charge in [-0.05, 0) is 26.7 Å². The molecule has 0 radical (unpaired) electrons. The van der Waals surface area contributed by atoms with E-state index in [4.69, 9.17) is 5.73 Å². The molecule has 0 aromatic carbocycles. The van der Waals surface area contributed by atoms with Crippen molar-refractivity contribution in [1.82, 2.24) is 4.90 Å². The lowest BCUT2D eigenvalue weighted by Crippen LogP contribution is -2.47. The Kier molecular flexibility index (Phi) is 9.14. The van der Waals surface area contributed by atoms with E-state index in [1.165, 1.54) is 12.8 Å². The van der Waals surface area contributed by atoms with E-state index in [9.17, 15) is 4.79 Å². The summed E-state index contributed by atoms with van der Waals surface area (Å²) in [7, 11) is 0. The molecule has 0 aromatic rings. The summed E-state index contributed by atoms with van der Waals surface area (Å²) in [4.78, 5) is 14.1. The molecule has 0 saturated carbocycles. The molecule has 0 aliphatic carbocycles. The van der Waals surface area contributed by atoms with Crippen LogP contribution in [0.25, 0.3) is 0 Å². The van der Waals surface area contributed by atoms with Crippen LogP contribution >= 0.6 is 0 Å². The zero-order chi connectivity index (χ0) is 13.3. The number of hydrogen-bond donors (Lipinski definition) is 1. The molecule has 0 rings (SSSR count). The second-order valence-corrected chi connectivity index (χ2v) is 5.08. The standard InChI is InChI=1S/C14H30N2O/c1-5-7-9-11-16(12(3)4)14(17)13(15)10-8-6-2/h12-13H,5-11,15H2,1-4H3/t13-/m0/s1. The van der Waals surface area contributed by atoms with Gasteiger partial charge in [0.15, 0.2) is 0 Å². The van der Waals surface area contributed by atoms with Gasteiger partial charge in [0.2, 0.25) is 5.91 Å². The van der Waals surface area contributed by atoms with Gasteiger partial charge in [0.05, 0.1) is 6.04 Å². The highest BCUT2D eigenvalue weighted by Gasteiger charge is 2.22. The maximum absolute atomic E-state index is 12.2. The van der Waals surface area contributed by atoms with Crippen molar-refractivity contribution in [2.45, 2.75) is 78.3 Å². The van der Waals surface area contributed by atoms with E-state index in [2.05, 4.69) is 27.7 Å². The van der Waals surface area contributed by atoms with E-state index in [1.54, 1.807) is 0 Å². The quantitative estimate of drug-likeness (QED) is 0.632. The fraction of sp³-hybridized carbons (Fsp3) is 0.929. The summed E-state index contributed by atoms with van der Waals surface area (Å²) < 4.78 is 0. The number of nitrogens with two attached hydrogens (primary N) is 1. The van der Waals surface area contributed by atoms with Gasteiger partial charge < -0.3 is 10.6 Å². The third-order valence-electron chi connectivity index (χ3n) is 3.09. The number of hydrogen-bond acceptors (Lipinski definition) is 2. The number of carbonyl (C=O) groups is 1. The Labute approximate surface area is 107 Å². The van der Waals surface area contributed by atoms with Gasteiger partial charge in [-0.15, -0.1) is 0 Å². The zero-order valence-electron chi connectivity index (χ0n) is 12.0. The predicted octanol–water partition coefficient (Wildman–Crippen LogP) is 2.93. The molecule has 1 amide bonds. The van der Waals surface area contributed by atoms with Crippen molar-refractivity contribution in [3.05, 3.63) is 0 Å². The maximum Gasteiger partial charge on any atom is 0.239 e. The Morgan fingerprint density at radius 2 is 1.71 bits per heavy atom. The molecule has 0 unspecified atom stereocenters. The van der Waals surface area contributed by atoms with Crippen molar-refractivity contribution in [3.8, 4) is 0 Å². The molecular weight excluding hydrogens is 212 g/mol. The van der Waals surface area contributed by atoms with Crippen LogP contribution in [-0.4, -0.2) is 29.4 Å². The Morgan fingerprint density at radius 3 is 2.18 bits per heavy atom. The lowest BCUT2D eigenvalue weighted by molar-refractivity contribution is -0.134. The van der Waals surface area contributed by atoms with E-state index in [0.717, 1.165) is 32.2 Å². The Morgan fingerprint density at radius 1 is 1.12 bits per heavy atom. The maximum atomic E-state index is 12.2. The minimum absolute atomic E-state index is 0.129. The minimum atomic E-state index is -0.307. The van der Waals surface area contributed by atoms with Crippen LogP contribution in [0.4, 0.5) is 0 Å². The van der Waals surface area contributed by atoms with Crippen molar-refractivity contribution in [2.75, 3.05) is 6.54 Å². The summed E-state index contributed by atoms with van der Waals surface area (Å²) in [6.07, 6.45) is 6.39. The SMILES string of the molecule is CCCCCN(C(=O)[C@@H](N)CCCC)C(C)C. The molecule has 17 heavy (non-hydrogen) atoms. The highest BCUT2D eigenvalue weighted by atomic mass is 16.2. The van der Waals surface area contributed by atoms with E-state index in [1.807, 2.05) is 4.90 Å². The predicted molar refractivity (Wildman–Crippen MR) is 73.9 cm³/mol. The second-order valence-electron chi connectivity index (χ2n) is 5.08. The number of carbonyl (C=O) groups excluding carboxylic acids is 1. The first-order chi connectivity index (χ1) is 8.04. The second kappa shape index (κ2) is 9.46. The molecule has 2 N–H and O–H groups in total. The molecule has 0 heterocycles. The van der Waals surface area contributed by atoms with Crippen molar-refractivity contribution in [1.29, 1.82) is 0 Å². The Balaban J connectivity index is 4.22. The largest absolute Gasteiger partial charge is 0.339 e. The molecule has 0 spiro atoms. The van der Waals surface area contributed by atoms with Gasteiger partial charge in [-0.2, -0.15) is 0 Å². The molecule has 0 aliphatic heterocycles. The number of nitrogens with zero attached hydrogens (tertiary/aromatic N) is 1. The van der Waals surface area contributed by atoms with Gasteiger partial charge in [-0.25, -0.2) is 0 Å². The van der Waals surface area contributed by atoms with Crippen LogP contribution in [0.3, 0.4) is 0 Å². The van der Waals surface area contributed by atoms with Crippen molar-refractivity contribution >= 4 is 5.91 Å². The third-order valence-corrected chi connectivity index (χ3v) is 3.09. The summed E-state index contributed by atoms with van der Waals surface area (Å²) in [6, 6.07) is -0.0500. The van der Waals surface area contributed by atoms with Crippen LogP contribution in [0.15, 0.2) is 0 Å². The first kappa shape index (κ1) is 16.4. The first-order valence-corrected chi connectivity index (χ1v) is 7.10. The summed E-state index contributed by atoms with van der Waals surface area (Å²) in [6.45, 7) is 9.28. The van der Waals surface area contributed by atoms with E-state index < -0.39 is 0 Å². The van der Waals surface area contributed by atoms with Crippen LogP contribution in [0, 0.1) is 0 Å². The van der Waals surface area contributed by atoms with Crippen LogP contribution in [0.5, 0.6) is 0 Å². The molecule has 0 aliphatic rings. The van der Waals surface area contributed by atoms with Gasteiger partial charge in [-0.3, -0.25) is 4.79 Å². The third kappa shape index (κ3) is 6.67. The molecule has 3 heteroatoms. The van der Waals surface area contributed by atoms with Gasteiger partial charge in [0, 0.05) is 12.6 Å². The molecular formula is C14H30N2O. The summed E-state index contributed by atoms with van der Waals surface area (Å²) in [5.74, 6) is 0.129. The van der Waals surface area contributed by atoms with Gasteiger partial charge in [0.25, 0.3) is 0 Å². The molecule has 0 saturated heterocycles. The Hall–Kier alpha value is -0.570. The lowest BCUT2D eigenvalue weighted by atomic mass is 10.1. The molecule has 1 atom stereocenters. The van der Waals surface area contributed by atoms with Crippen molar-refractivity contribution < 1.29 is 4.79 Å². The minimum Gasteiger partial charge on any atom is -0.339 e. The fourth-order valence-corrected chi connectivity index (χ4v) is 1.92. The van der Waals surface area contributed by atoms with Crippen LogP contribution in [0.2, 0.25) is 0 Å². The fourth-order valence-electron chi connectivity index (χ4n) is 1.92. The number of unbranched alkanes of at least 4 members (excludes halogenated alkanes) is 3. The van der Waals surface area contributed by atoms with Crippen molar-refractivity contribution in [2.24, 2.45) is 5.73 Å². The number of amides is 1. The number of rotatable bonds is 9. The van der Waals surface area contributed by atoms with Crippen molar-refractivity contribution in [3.63, 3.8) is 0 Å². The zero-order valence-corrected chi connectivity index (χ0v) is 12.0. The van der Waals surface area contributed by atoms with E-state index in [0.29, 0.717) is 0 Å². The molecule has 0 bridgehead atoms. The topological polar surface area (TPSA) is 46.3 Å².